The molecule has 2 heterocycles. The number of piperidine rings is 2. The van der Waals surface area contributed by atoms with Crippen LogP contribution in [0, 0.1) is 5.92 Å². The molecule has 0 bridgehead atoms. The van der Waals surface area contributed by atoms with Crippen LogP contribution in [0.4, 0.5) is 0 Å². The van der Waals surface area contributed by atoms with Gasteiger partial charge in [0.1, 0.15) is 0 Å². The minimum atomic E-state index is 0. The quantitative estimate of drug-likeness (QED) is 0.308. The number of rotatable bonds is 8. The fraction of sp³-hybridized carbons (Fsp3) is 0.950. The Labute approximate surface area is 183 Å². The molecule has 160 valence electrons. The topological polar surface area (TPSA) is 52.1 Å². The molecule has 27 heavy (non-hydrogen) atoms. The summed E-state index contributed by atoms with van der Waals surface area (Å²) in [5, 5.41) is 7.10. The zero-order valence-electron chi connectivity index (χ0n) is 17.9. The van der Waals surface area contributed by atoms with Gasteiger partial charge in [-0.2, -0.15) is 0 Å². The van der Waals surface area contributed by atoms with Crippen molar-refractivity contribution in [1.82, 2.24) is 20.4 Å². The SMILES string of the molecule is CCNC(=NCC1CCCN(C)C1)NC1CCN(CCOC(C)C)CC1.I. The molecule has 0 amide bonds. The van der Waals surface area contributed by atoms with Crippen molar-refractivity contribution in [2.45, 2.75) is 58.6 Å². The molecule has 2 rings (SSSR count). The molecule has 0 saturated carbocycles. The highest BCUT2D eigenvalue weighted by molar-refractivity contribution is 14.0. The zero-order chi connectivity index (χ0) is 18.8. The highest BCUT2D eigenvalue weighted by Crippen LogP contribution is 2.15. The van der Waals surface area contributed by atoms with Crippen LogP contribution in [0.5, 0.6) is 0 Å². The van der Waals surface area contributed by atoms with E-state index in [1.54, 1.807) is 0 Å². The lowest BCUT2D eigenvalue weighted by atomic mass is 9.99. The minimum Gasteiger partial charge on any atom is -0.377 e. The lowest BCUT2D eigenvalue weighted by Gasteiger charge is -2.33. The summed E-state index contributed by atoms with van der Waals surface area (Å²) >= 11 is 0. The number of hydrogen-bond acceptors (Lipinski definition) is 4. The van der Waals surface area contributed by atoms with Gasteiger partial charge in [0, 0.05) is 45.3 Å². The Morgan fingerprint density at radius 2 is 1.93 bits per heavy atom. The van der Waals surface area contributed by atoms with Gasteiger partial charge in [-0.3, -0.25) is 4.99 Å². The fourth-order valence-electron chi connectivity index (χ4n) is 3.87. The van der Waals surface area contributed by atoms with E-state index in [0.29, 0.717) is 18.1 Å². The van der Waals surface area contributed by atoms with Gasteiger partial charge >= 0.3 is 0 Å². The maximum absolute atomic E-state index is 5.68. The van der Waals surface area contributed by atoms with Crippen LogP contribution in [-0.2, 0) is 4.74 Å². The number of halogens is 1. The molecule has 7 heteroatoms. The number of ether oxygens (including phenoxy) is 1. The molecule has 0 spiro atoms. The smallest absolute Gasteiger partial charge is 0.191 e. The first-order chi connectivity index (χ1) is 12.6. The fourth-order valence-corrected chi connectivity index (χ4v) is 3.87. The van der Waals surface area contributed by atoms with Crippen molar-refractivity contribution in [3.63, 3.8) is 0 Å². The van der Waals surface area contributed by atoms with Gasteiger partial charge in [-0.05, 0) is 66.0 Å². The maximum Gasteiger partial charge on any atom is 0.191 e. The van der Waals surface area contributed by atoms with Gasteiger partial charge in [0.05, 0.1) is 12.7 Å². The van der Waals surface area contributed by atoms with Crippen molar-refractivity contribution in [1.29, 1.82) is 0 Å². The molecule has 0 aromatic heterocycles. The van der Waals surface area contributed by atoms with Crippen LogP contribution in [0.1, 0.15) is 46.5 Å². The molecule has 2 fully saturated rings. The number of nitrogens with one attached hydrogen (secondary N) is 2. The van der Waals surface area contributed by atoms with Crippen molar-refractivity contribution in [2.24, 2.45) is 10.9 Å². The van der Waals surface area contributed by atoms with Crippen molar-refractivity contribution in [3.05, 3.63) is 0 Å². The summed E-state index contributed by atoms with van der Waals surface area (Å²) < 4.78 is 5.68. The molecular weight excluding hydrogens is 453 g/mol. The molecule has 2 aliphatic rings. The Morgan fingerprint density at radius 1 is 1.19 bits per heavy atom. The van der Waals surface area contributed by atoms with Gasteiger partial charge in [-0.15, -0.1) is 24.0 Å². The second-order valence-electron chi connectivity index (χ2n) is 8.17. The standard InChI is InChI=1S/C20H41N5O.HI/c1-5-21-20(22-15-18-7-6-10-24(4)16-18)23-19-8-11-25(12-9-19)13-14-26-17(2)3;/h17-19H,5-16H2,1-4H3,(H2,21,22,23);1H. The summed E-state index contributed by atoms with van der Waals surface area (Å²) in [6, 6.07) is 0.532. The Morgan fingerprint density at radius 3 is 2.56 bits per heavy atom. The monoisotopic (exact) mass is 495 g/mol. The number of nitrogens with zero attached hydrogens (tertiary/aromatic N) is 3. The second-order valence-corrected chi connectivity index (χ2v) is 8.17. The van der Waals surface area contributed by atoms with Crippen LogP contribution >= 0.6 is 24.0 Å². The Bertz CT molecular complexity index is 413. The molecule has 2 N–H and O–H groups in total. The van der Waals surface area contributed by atoms with E-state index in [4.69, 9.17) is 9.73 Å². The van der Waals surface area contributed by atoms with Crippen molar-refractivity contribution in [2.75, 3.05) is 59.5 Å². The Hall–Kier alpha value is -0.120. The predicted octanol–water partition coefficient (Wildman–Crippen LogP) is 2.39. The van der Waals surface area contributed by atoms with Crippen LogP contribution in [-0.4, -0.2) is 87.4 Å². The van der Waals surface area contributed by atoms with Gasteiger partial charge < -0.3 is 25.2 Å². The van der Waals surface area contributed by atoms with E-state index in [2.05, 4.69) is 48.3 Å². The average Bonchev–Trinajstić information content (AvgIpc) is 2.61. The first-order valence-electron chi connectivity index (χ1n) is 10.6. The van der Waals surface area contributed by atoms with Crippen LogP contribution in [0.3, 0.4) is 0 Å². The lowest BCUT2D eigenvalue weighted by molar-refractivity contribution is 0.0532. The van der Waals surface area contributed by atoms with E-state index in [-0.39, 0.29) is 24.0 Å². The van der Waals surface area contributed by atoms with E-state index in [1.807, 2.05) is 0 Å². The molecule has 0 aliphatic carbocycles. The highest BCUT2D eigenvalue weighted by atomic mass is 127. The van der Waals surface area contributed by atoms with Crippen LogP contribution in [0.25, 0.3) is 0 Å². The van der Waals surface area contributed by atoms with Crippen LogP contribution in [0.2, 0.25) is 0 Å². The third-order valence-electron chi connectivity index (χ3n) is 5.36. The average molecular weight is 495 g/mol. The van der Waals surface area contributed by atoms with E-state index in [1.165, 1.54) is 38.8 Å². The molecule has 0 aromatic rings. The molecule has 6 nitrogen and oxygen atoms in total. The highest BCUT2D eigenvalue weighted by Gasteiger charge is 2.21. The minimum absolute atomic E-state index is 0. The molecule has 0 radical (unpaired) electrons. The largest absolute Gasteiger partial charge is 0.377 e. The summed E-state index contributed by atoms with van der Waals surface area (Å²) in [6.07, 6.45) is 5.30. The van der Waals surface area contributed by atoms with Crippen LogP contribution < -0.4 is 10.6 Å². The van der Waals surface area contributed by atoms with Gasteiger partial charge in [0.25, 0.3) is 0 Å². The number of guanidine groups is 1. The Balaban J connectivity index is 0.00000364. The van der Waals surface area contributed by atoms with Crippen molar-refractivity contribution >= 4 is 29.9 Å². The molecule has 1 unspecified atom stereocenters. The third kappa shape index (κ3) is 10.3. The predicted molar refractivity (Wildman–Crippen MR) is 125 cm³/mol. The maximum atomic E-state index is 5.68. The van der Waals surface area contributed by atoms with E-state index >= 15 is 0 Å². The number of aliphatic imine (C=N–C) groups is 1. The molecular formula is C20H42IN5O. The van der Waals surface area contributed by atoms with Crippen LogP contribution in [0.15, 0.2) is 4.99 Å². The molecule has 1 atom stereocenters. The van der Waals surface area contributed by atoms with Gasteiger partial charge in [-0.1, -0.05) is 0 Å². The summed E-state index contributed by atoms with van der Waals surface area (Å²) in [5.41, 5.74) is 0. The zero-order valence-corrected chi connectivity index (χ0v) is 20.2. The normalized spacial score (nSPS) is 23.3. The summed E-state index contributed by atoms with van der Waals surface area (Å²) in [5.74, 6) is 1.70. The van der Waals surface area contributed by atoms with Crippen molar-refractivity contribution < 1.29 is 4.74 Å². The first-order valence-corrected chi connectivity index (χ1v) is 10.6. The van der Waals surface area contributed by atoms with E-state index in [9.17, 15) is 0 Å². The van der Waals surface area contributed by atoms with Gasteiger partial charge in [0.2, 0.25) is 0 Å². The molecule has 0 aromatic carbocycles. The van der Waals surface area contributed by atoms with E-state index < -0.39 is 0 Å². The van der Waals surface area contributed by atoms with Gasteiger partial charge in [0.15, 0.2) is 5.96 Å². The van der Waals surface area contributed by atoms with Crippen molar-refractivity contribution in [3.8, 4) is 0 Å². The number of likely N-dealkylation sites (tertiary alicyclic amines) is 2. The van der Waals surface area contributed by atoms with E-state index in [0.717, 1.165) is 45.3 Å². The second kappa shape index (κ2) is 14.0. The summed E-state index contributed by atoms with van der Waals surface area (Å²) in [7, 11) is 2.22. The molecule has 2 aliphatic heterocycles. The summed E-state index contributed by atoms with van der Waals surface area (Å²) in [4.78, 5) is 9.84. The molecule has 2 saturated heterocycles. The summed E-state index contributed by atoms with van der Waals surface area (Å²) in [6.45, 7) is 14.8. The lowest BCUT2D eigenvalue weighted by Crippen LogP contribution is -2.49. The van der Waals surface area contributed by atoms with Gasteiger partial charge in [-0.25, -0.2) is 0 Å². The Kier molecular flexibility index (Phi) is 12.9. The first kappa shape index (κ1) is 24.9. The number of hydrogen-bond donors (Lipinski definition) is 2. The third-order valence-corrected chi connectivity index (χ3v) is 5.36.